The molecule has 0 atom stereocenters. The zero-order chi connectivity index (χ0) is 15.0. The van der Waals surface area contributed by atoms with Crippen LogP contribution < -0.4 is 0 Å². The van der Waals surface area contributed by atoms with Crippen molar-refractivity contribution in [1.82, 2.24) is 9.97 Å². The third-order valence-electron chi connectivity index (χ3n) is 3.10. The molecule has 0 bridgehead atoms. The quantitative estimate of drug-likeness (QED) is 0.735. The largest absolute Gasteiger partial charge is 0.477 e. The van der Waals surface area contributed by atoms with E-state index in [0.29, 0.717) is 10.4 Å². The Balaban J connectivity index is 2.08. The molecule has 0 saturated heterocycles. The zero-order valence-electron chi connectivity index (χ0n) is 11.5. The van der Waals surface area contributed by atoms with Gasteiger partial charge in [0.2, 0.25) is 0 Å². The van der Waals surface area contributed by atoms with Gasteiger partial charge in [-0.1, -0.05) is 29.5 Å². The average molecular weight is 316 g/mol. The van der Waals surface area contributed by atoms with Crippen LogP contribution in [0.1, 0.15) is 20.8 Å². The lowest BCUT2D eigenvalue weighted by atomic mass is 10.2. The number of aromatic nitrogens is 2. The fourth-order valence-corrected chi connectivity index (χ4v) is 4.02. The molecule has 0 aliphatic heterocycles. The number of rotatable bonds is 3. The maximum Gasteiger partial charge on any atom is 0.346 e. The Morgan fingerprint density at radius 3 is 2.57 bits per heavy atom. The van der Waals surface area contributed by atoms with Crippen LogP contribution >= 0.6 is 23.1 Å². The first-order chi connectivity index (χ1) is 10.1. The number of fused-ring (bicyclic) bond motifs is 1. The summed E-state index contributed by atoms with van der Waals surface area (Å²) in [5.74, 6) is -0.915. The van der Waals surface area contributed by atoms with E-state index >= 15 is 0 Å². The molecular weight excluding hydrogens is 304 g/mol. The van der Waals surface area contributed by atoms with Crippen molar-refractivity contribution in [1.29, 1.82) is 0 Å². The third kappa shape index (κ3) is 2.64. The first-order valence-electron chi connectivity index (χ1n) is 6.28. The van der Waals surface area contributed by atoms with Crippen LogP contribution in [0.3, 0.4) is 0 Å². The Bertz CT molecular complexity index is 826. The summed E-state index contributed by atoms with van der Waals surface area (Å²) in [5, 5.41) is 10.0. The van der Waals surface area contributed by atoms with E-state index in [9.17, 15) is 9.90 Å². The Kier molecular flexibility index (Phi) is 3.65. The van der Waals surface area contributed by atoms with E-state index in [1.165, 1.54) is 35.0 Å². The summed E-state index contributed by atoms with van der Waals surface area (Å²) in [7, 11) is 0. The molecular formula is C15H12N2O2S2. The highest BCUT2D eigenvalue weighted by Gasteiger charge is 2.18. The molecule has 21 heavy (non-hydrogen) atoms. The van der Waals surface area contributed by atoms with Gasteiger partial charge >= 0.3 is 5.97 Å². The van der Waals surface area contributed by atoms with E-state index in [1.807, 2.05) is 31.2 Å². The molecule has 3 rings (SSSR count). The molecule has 0 spiro atoms. The van der Waals surface area contributed by atoms with Crippen LogP contribution in [0.15, 0.2) is 40.5 Å². The van der Waals surface area contributed by atoms with Gasteiger partial charge in [-0.3, -0.25) is 0 Å². The van der Waals surface area contributed by atoms with Crippen molar-refractivity contribution < 1.29 is 9.90 Å². The number of aryl methyl sites for hydroxylation is 2. The number of carboxylic acids is 1. The predicted octanol–water partition coefficient (Wildman–Crippen LogP) is 4.16. The highest BCUT2D eigenvalue weighted by molar-refractivity contribution is 7.99. The van der Waals surface area contributed by atoms with Crippen molar-refractivity contribution in [2.75, 3.05) is 0 Å². The molecule has 0 aliphatic carbocycles. The van der Waals surface area contributed by atoms with Crippen LogP contribution in [-0.2, 0) is 0 Å². The zero-order valence-corrected chi connectivity index (χ0v) is 13.1. The summed E-state index contributed by atoms with van der Waals surface area (Å²) in [6, 6.07) is 8.16. The summed E-state index contributed by atoms with van der Waals surface area (Å²) in [5.41, 5.74) is 2.63. The molecule has 2 aromatic heterocycles. The minimum Gasteiger partial charge on any atom is -0.477 e. The first-order valence-corrected chi connectivity index (χ1v) is 7.91. The van der Waals surface area contributed by atoms with Gasteiger partial charge in [0.15, 0.2) is 0 Å². The van der Waals surface area contributed by atoms with Gasteiger partial charge < -0.3 is 5.11 Å². The van der Waals surface area contributed by atoms with E-state index < -0.39 is 5.97 Å². The topological polar surface area (TPSA) is 63.1 Å². The summed E-state index contributed by atoms with van der Waals surface area (Å²) in [6.45, 7) is 3.83. The number of benzene rings is 1. The molecule has 0 aliphatic rings. The lowest BCUT2D eigenvalue weighted by molar-refractivity contribution is 0.0701. The van der Waals surface area contributed by atoms with Crippen LogP contribution in [0, 0.1) is 13.8 Å². The molecule has 0 amide bonds. The van der Waals surface area contributed by atoms with Gasteiger partial charge in [0.05, 0.1) is 10.2 Å². The van der Waals surface area contributed by atoms with Gasteiger partial charge in [0.1, 0.15) is 16.2 Å². The Labute approximate surface area is 129 Å². The lowest BCUT2D eigenvalue weighted by Crippen LogP contribution is -1.93. The van der Waals surface area contributed by atoms with Crippen molar-refractivity contribution >= 4 is 39.3 Å². The van der Waals surface area contributed by atoms with Gasteiger partial charge in [-0.2, -0.15) is 0 Å². The maximum atomic E-state index is 11.3. The molecule has 2 heterocycles. The van der Waals surface area contributed by atoms with E-state index in [4.69, 9.17) is 0 Å². The van der Waals surface area contributed by atoms with Gasteiger partial charge in [-0.05, 0) is 26.0 Å². The average Bonchev–Trinajstić information content (AvgIpc) is 2.80. The van der Waals surface area contributed by atoms with Gasteiger partial charge in [0, 0.05) is 10.5 Å². The molecule has 0 radical (unpaired) electrons. The lowest BCUT2D eigenvalue weighted by Gasteiger charge is -2.02. The van der Waals surface area contributed by atoms with Gasteiger partial charge in [0.25, 0.3) is 0 Å². The molecule has 6 heteroatoms. The van der Waals surface area contributed by atoms with E-state index in [0.717, 1.165) is 20.1 Å². The van der Waals surface area contributed by atoms with Crippen LogP contribution in [0.4, 0.5) is 0 Å². The highest BCUT2D eigenvalue weighted by atomic mass is 32.2. The summed E-state index contributed by atoms with van der Waals surface area (Å²) in [6.07, 6.45) is 1.49. The van der Waals surface area contributed by atoms with Gasteiger partial charge in [-0.15, -0.1) is 11.3 Å². The fourth-order valence-electron chi connectivity index (χ4n) is 2.00. The standard InChI is InChI=1S/C15H12N2O2S2/c1-8-3-5-10(6-4-8)20-14-13-11(16-7-17-14)9(2)12(21-13)15(18)19/h3-7H,1-2H3,(H,18,19). The number of aromatic carboxylic acids is 1. The summed E-state index contributed by atoms with van der Waals surface area (Å²) in [4.78, 5) is 21.2. The Morgan fingerprint density at radius 1 is 1.19 bits per heavy atom. The SMILES string of the molecule is Cc1ccc(Sc2ncnc3c(C)c(C(=O)O)sc23)cc1. The molecule has 3 aromatic rings. The van der Waals surface area contributed by atoms with Crippen LogP contribution in [0.5, 0.6) is 0 Å². The molecule has 0 saturated carbocycles. The Morgan fingerprint density at radius 2 is 1.90 bits per heavy atom. The second-order valence-corrected chi connectivity index (χ2v) is 6.72. The van der Waals surface area contributed by atoms with Crippen molar-refractivity contribution in [3.8, 4) is 0 Å². The number of hydrogen-bond donors (Lipinski definition) is 1. The van der Waals surface area contributed by atoms with E-state index in [1.54, 1.807) is 6.92 Å². The number of nitrogens with zero attached hydrogens (tertiary/aromatic N) is 2. The second kappa shape index (κ2) is 5.46. The summed E-state index contributed by atoms with van der Waals surface area (Å²) < 4.78 is 0.831. The number of carboxylic acid groups (broad SMARTS) is 1. The van der Waals surface area contributed by atoms with Gasteiger partial charge in [-0.25, -0.2) is 14.8 Å². The molecule has 1 N–H and O–H groups in total. The smallest absolute Gasteiger partial charge is 0.346 e. The van der Waals surface area contributed by atoms with Crippen molar-refractivity contribution in [3.05, 3.63) is 46.6 Å². The molecule has 0 unspecified atom stereocenters. The minimum absolute atomic E-state index is 0.330. The normalized spacial score (nSPS) is 11.0. The predicted molar refractivity (Wildman–Crippen MR) is 84.4 cm³/mol. The number of thiophene rings is 1. The molecule has 106 valence electrons. The fraction of sp³-hybridized carbons (Fsp3) is 0.133. The molecule has 4 nitrogen and oxygen atoms in total. The summed E-state index contributed by atoms with van der Waals surface area (Å²) >= 11 is 2.76. The maximum absolute atomic E-state index is 11.3. The monoisotopic (exact) mass is 316 g/mol. The Hall–Kier alpha value is -1.92. The van der Waals surface area contributed by atoms with Crippen LogP contribution in [0.25, 0.3) is 10.2 Å². The molecule has 1 aromatic carbocycles. The third-order valence-corrected chi connectivity index (χ3v) is 5.52. The van der Waals surface area contributed by atoms with Crippen molar-refractivity contribution in [2.45, 2.75) is 23.8 Å². The number of hydrogen-bond acceptors (Lipinski definition) is 5. The molecule has 0 fully saturated rings. The van der Waals surface area contributed by atoms with E-state index in [-0.39, 0.29) is 0 Å². The van der Waals surface area contributed by atoms with Crippen molar-refractivity contribution in [3.63, 3.8) is 0 Å². The minimum atomic E-state index is -0.915. The van der Waals surface area contributed by atoms with Crippen LogP contribution in [-0.4, -0.2) is 21.0 Å². The van der Waals surface area contributed by atoms with Crippen LogP contribution in [0.2, 0.25) is 0 Å². The number of carbonyl (C=O) groups is 1. The van der Waals surface area contributed by atoms with Crippen molar-refractivity contribution in [2.24, 2.45) is 0 Å². The highest BCUT2D eigenvalue weighted by Crippen LogP contribution is 2.37. The van der Waals surface area contributed by atoms with E-state index in [2.05, 4.69) is 9.97 Å². The first kappa shape index (κ1) is 14.0. The second-order valence-electron chi connectivity index (χ2n) is 4.63.